The average molecular weight is 338 g/mol. The lowest BCUT2D eigenvalue weighted by atomic mass is 10.2. The van der Waals surface area contributed by atoms with E-state index in [4.69, 9.17) is 5.73 Å². The number of nitrogens with two attached hydrogens (primary N) is 1. The van der Waals surface area contributed by atoms with Gasteiger partial charge in [0.25, 0.3) is 0 Å². The SMILES string of the molecule is NC(=O)CCNc1nc(Nc2ccc(C3CC3)nc2)ncc1C1CC1. The fourth-order valence-electron chi connectivity index (χ4n) is 2.82. The molecular weight excluding hydrogens is 316 g/mol. The van der Waals surface area contributed by atoms with Crippen molar-refractivity contribution in [2.75, 3.05) is 17.2 Å². The summed E-state index contributed by atoms with van der Waals surface area (Å²) in [5, 5.41) is 6.42. The van der Waals surface area contributed by atoms with Gasteiger partial charge in [-0.3, -0.25) is 9.78 Å². The van der Waals surface area contributed by atoms with Crippen molar-refractivity contribution in [2.45, 2.75) is 43.9 Å². The lowest BCUT2D eigenvalue weighted by Gasteiger charge is -2.12. The Morgan fingerprint density at radius 3 is 2.56 bits per heavy atom. The molecule has 2 aromatic heterocycles. The maximum atomic E-state index is 10.9. The molecule has 0 spiro atoms. The summed E-state index contributed by atoms with van der Waals surface area (Å²) in [6, 6.07) is 4.07. The maximum absolute atomic E-state index is 10.9. The lowest BCUT2D eigenvalue weighted by Crippen LogP contribution is -2.17. The number of nitrogens with one attached hydrogen (secondary N) is 2. The Balaban J connectivity index is 1.47. The highest BCUT2D eigenvalue weighted by Crippen LogP contribution is 2.43. The fourth-order valence-corrected chi connectivity index (χ4v) is 2.82. The zero-order valence-corrected chi connectivity index (χ0v) is 14.0. The van der Waals surface area contributed by atoms with Gasteiger partial charge in [-0.2, -0.15) is 4.98 Å². The molecule has 2 fully saturated rings. The number of rotatable bonds is 8. The zero-order valence-electron chi connectivity index (χ0n) is 14.0. The third kappa shape index (κ3) is 4.04. The van der Waals surface area contributed by atoms with Crippen molar-refractivity contribution in [1.82, 2.24) is 15.0 Å². The zero-order chi connectivity index (χ0) is 17.2. The Kier molecular flexibility index (Phi) is 4.21. The number of nitrogens with zero attached hydrogens (tertiary/aromatic N) is 3. The van der Waals surface area contributed by atoms with E-state index in [1.54, 1.807) is 0 Å². The Labute approximate surface area is 146 Å². The molecular formula is C18H22N6O. The smallest absolute Gasteiger partial charge is 0.229 e. The molecule has 2 heterocycles. The van der Waals surface area contributed by atoms with Crippen LogP contribution in [0.15, 0.2) is 24.5 Å². The molecule has 130 valence electrons. The molecule has 2 aromatic rings. The minimum absolute atomic E-state index is 0.281. The molecule has 0 atom stereocenters. The molecule has 0 unspecified atom stereocenters. The largest absolute Gasteiger partial charge is 0.370 e. The van der Waals surface area contributed by atoms with Gasteiger partial charge in [-0.25, -0.2) is 4.98 Å². The molecule has 7 nitrogen and oxygen atoms in total. The van der Waals surface area contributed by atoms with E-state index in [1.807, 2.05) is 18.5 Å². The van der Waals surface area contributed by atoms with Crippen molar-refractivity contribution in [3.63, 3.8) is 0 Å². The predicted octanol–water partition coefficient (Wildman–Crippen LogP) is 2.66. The number of hydrogen-bond donors (Lipinski definition) is 3. The minimum atomic E-state index is -0.324. The molecule has 25 heavy (non-hydrogen) atoms. The summed E-state index contributed by atoms with van der Waals surface area (Å²) in [4.78, 5) is 24.4. The average Bonchev–Trinajstić information content (AvgIpc) is 3.48. The van der Waals surface area contributed by atoms with E-state index < -0.39 is 0 Å². The Morgan fingerprint density at radius 1 is 1.12 bits per heavy atom. The third-order valence-electron chi connectivity index (χ3n) is 4.54. The van der Waals surface area contributed by atoms with E-state index in [0.717, 1.165) is 35.6 Å². The van der Waals surface area contributed by atoms with Crippen molar-refractivity contribution < 1.29 is 4.79 Å². The Hall–Kier alpha value is -2.70. The molecule has 2 aliphatic rings. The summed E-state index contributed by atoms with van der Waals surface area (Å²) in [5.41, 5.74) is 8.34. The molecule has 0 radical (unpaired) electrons. The molecule has 0 saturated heterocycles. The van der Waals surface area contributed by atoms with E-state index in [1.165, 1.54) is 12.8 Å². The second-order valence-electron chi connectivity index (χ2n) is 6.79. The van der Waals surface area contributed by atoms with Crippen LogP contribution in [0.5, 0.6) is 0 Å². The van der Waals surface area contributed by atoms with Crippen molar-refractivity contribution >= 4 is 23.4 Å². The van der Waals surface area contributed by atoms with Gasteiger partial charge in [-0.15, -0.1) is 0 Å². The van der Waals surface area contributed by atoms with Gasteiger partial charge >= 0.3 is 0 Å². The Bertz CT molecular complexity index is 768. The van der Waals surface area contributed by atoms with Crippen LogP contribution in [0.2, 0.25) is 0 Å². The summed E-state index contributed by atoms with van der Waals surface area (Å²) in [7, 11) is 0. The number of aromatic nitrogens is 3. The number of carbonyl (C=O) groups excluding carboxylic acids is 1. The first-order valence-electron chi connectivity index (χ1n) is 8.81. The van der Waals surface area contributed by atoms with E-state index in [-0.39, 0.29) is 12.3 Å². The molecule has 0 aliphatic heterocycles. The van der Waals surface area contributed by atoms with Crippen LogP contribution >= 0.6 is 0 Å². The van der Waals surface area contributed by atoms with Gasteiger partial charge in [0.05, 0.1) is 11.9 Å². The second kappa shape index (κ2) is 6.66. The number of pyridine rings is 1. The van der Waals surface area contributed by atoms with Crippen molar-refractivity contribution in [3.8, 4) is 0 Å². The highest BCUT2D eigenvalue weighted by molar-refractivity contribution is 5.74. The predicted molar refractivity (Wildman–Crippen MR) is 95.8 cm³/mol. The van der Waals surface area contributed by atoms with Gasteiger partial charge in [0.2, 0.25) is 11.9 Å². The third-order valence-corrected chi connectivity index (χ3v) is 4.54. The normalized spacial score (nSPS) is 16.5. The summed E-state index contributed by atoms with van der Waals surface area (Å²) < 4.78 is 0. The van der Waals surface area contributed by atoms with Crippen LogP contribution in [-0.2, 0) is 4.79 Å². The van der Waals surface area contributed by atoms with Crippen LogP contribution in [0, 0.1) is 0 Å². The van der Waals surface area contributed by atoms with Crippen molar-refractivity contribution in [1.29, 1.82) is 0 Å². The quantitative estimate of drug-likeness (QED) is 0.683. The summed E-state index contributed by atoms with van der Waals surface area (Å²) in [5.74, 6) is 2.14. The first kappa shape index (κ1) is 15.8. The van der Waals surface area contributed by atoms with Crippen LogP contribution in [0.3, 0.4) is 0 Å². The number of amides is 1. The van der Waals surface area contributed by atoms with Crippen molar-refractivity contribution in [3.05, 3.63) is 35.8 Å². The summed E-state index contributed by atoms with van der Waals surface area (Å²) in [6.45, 7) is 0.475. The van der Waals surface area contributed by atoms with E-state index in [0.29, 0.717) is 24.3 Å². The molecule has 0 bridgehead atoms. The van der Waals surface area contributed by atoms with Crippen LogP contribution < -0.4 is 16.4 Å². The highest BCUT2D eigenvalue weighted by Gasteiger charge is 2.28. The summed E-state index contributed by atoms with van der Waals surface area (Å²) >= 11 is 0. The lowest BCUT2D eigenvalue weighted by molar-refractivity contribution is -0.117. The first-order chi connectivity index (χ1) is 12.2. The standard InChI is InChI=1S/C18H22N6O/c19-16(25)7-8-20-17-14(11-1-2-11)10-22-18(24-17)23-13-5-6-15(21-9-13)12-3-4-12/h5-6,9-12H,1-4,7-8H2,(H2,19,25)(H2,20,22,23,24). The topological polar surface area (TPSA) is 106 Å². The second-order valence-corrected chi connectivity index (χ2v) is 6.79. The molecule has 7 heteroatoms. The fraction of sp³-hybridized carbons (Fsp3) is 0.444. The molecule has 2 aliphatic carbocycles. The van der Waals surface area contributed by atoms with E-state index in [2.05, 4.69) is 31.7 Å². The van der Waals surface area contributed by atoms with Crippen LogP contribution in [0.25, 0.3) is 0 Å². The van der Waals surface area contributed by atoms with Crippen molar-refractivity contribution in [2.24, 2.45) is 5.73 Å². The molecule has 0 aromatic carbocycles. The number of primary amides is 1. The van der Waals surface area contributed by atoms with Gasteiger partial charge in [-0.1, -0.05) is 0 Å². The molecule has 4 rings (SSSR count). The van der Waals surface area contributed by atoms with E-state index in [9.17, 15) is 4.79 Å². The van der Waals surface area contributed by atoms with Crippen LogP contribution in [0.4, 0.5) is 17.5 Å². The Morgan fingerprint density at radius 2 is 1.92 bits per heavy atom. The monoisotopic (exact) mass is 338 g/mol. The van der Waals surface area contributed by atoms with Gasteiger partial charge in [-0.05, 0) is 43.7 Å². The van der Waals surface area contributed by atoms with Crippen LogP contribution in [-0.4, -0.2) is 27.4 Å². The highest BCUT2D eigenvalue weighted by atomic mass is 16.1. The number of anilines is 3. The van der Waals surface area contributed by atoms with Crippen LogP contribution in [0.1, 0.15) is 55.2 Å². The summed E-state index contributed by atoms with van der Waals surface area (Å²) in [6.07, 6.45) is 8.78. The number of hydrogen-bond acceptors (Lipinski definition) is 6. The van der Waals surface area contributed by atoms with E-state index >= 15 is 0 Å². The van der Waals surface area contributed by atoms with Gasteiger partial charge in [0, 0.05) is 36.3 Å². The van der Waals surface area contributed by atoms with Gasteiger partial charge in [0.1, 0.15) is 5.82 Å². The molecule has 1 amide bonds. The number of carbonyl (C=O) groups is 1. The molecule has 2 saturated carbocycles. The minimum Gasteiger partial charge on any atom is -0.370 e. The maximum Gasteiger partial charge on any atom is 0.229 e. The molecule has 4 N–H and O–H groups in total. The van der Waals surface area contributed by atoms with Gasteiger partial charge < -0.3 is 16.4 Å². The van der Waals surface area contributed by atoms with Gasteiger partial charge in [0.15, 0.2) is 0 Å². The first-order valence-corrected chi connectivity index (χ1v) is 8.81.